The molecule has 96 valence electrons. The summed E-state index contributed by atoms with van der Waals surface area (Å²) in [5.74, 6) is 0.348. The summed E-state index contributed by atoms with van der Waals surface area (Å²) >= 11 is 5.54. The Morgan fingerprint density at radius 3 is 2.72 bits per heavy atom. The molecule has 0 spiro atoms. The molecular weight excluding hydrogens is 280 g/mol. The Hall–Kier alpha value is -1.67. The molecule has 2 rings (SSSR count). The van der Waals surface area contributed by atoms with Crippen LogP contribution in [0.5, 0.6) is 0 Å². The van der Waals surface area contributed by atoms with E-state index >= 15 is 0 Å². The summed E-state index contributed by atoms with van der Waals surface area (Å²) in [4.78, 5) is 7.50. The van der Waals surface area contributed by atoms with Crippen molar-refractivity contribution in [2.24, 2.45) is 0 Å². The highest BCUT2D eigenvalue weighted by Crippen LogP contribution is 2.11. The number of nitrogens with one attached hydrogen (secondary N) is 1. The lowest BCUT2D eigenvalue weighted by molar-refractivity contribution is 0.392. The lowest BCUT2D eigenvalue weighted by atomic mass is 10.4. The van der Waals surface area contributed by atoms with E-state index in [4.69, 9.17) is 16.1 Å². The average molecular weight is 289 g/mol. The first-order chi connectivity index (χ1) is 8.44. The zero-order chi connectivity index (χ0) is 13.2. The van der Waals surface area contributed by atoms with Crippen LogP contribution in [0.1, 0.15) is 11.5 Å². The number of hydrogen-bond acceptors (Lipinski definition) is 6. The van der Waals surface area contributed by atoms with E-state index in [0.717, 1.165) is 0 Å². The minimum Gasteiger partial charge on any atom is -0.361 e. The predicted octanol–water partition coefficient (Wildman–Crippen LogP) is 1.37. The van der Waals surface area contributed by atoms with E-state index in [2.05, 4.69) is 19.8 Å². The van der Waals surface area contributed by atoms with Gasteiger partial charge < -0.3 is 4.52 Å². The third-order valence-electron chi connectivity index (χ3n) is 1.90. The highest BCUT2D eigenvalue weighted by atomic mass is 35.5. The maximum atomic E-state index is 11.8. The molecule has 0 aliphatic carbocycles. The third-order valence-corrected chi connectivity index (χ3v) is 3.29. The molecule has 1 N–H and O–H groups in total. The second-order valence-corrected chi connectivity index (χ2v) is 5.62. The van der Waals surface area contributed by atoms with Crippen molar-refractivity contribution in [1.29, 1.82) is 0 Å². The number of anilines is 1. The van der Waals surface area contributed by atoms with E-state index < -0.39 is 10.0 Å². The van der Waals surface area contributed by atoms with Crippen LogP contribution in [-0.2, 0) is 15.8 Å². The SMILES string of the molecule is Cc1cc(CS(=O)(=O)Nc2cnc(Cl)cn2)no1. The molecule has 2 aromatic rings. The quantitative estimate of drug-likeness (QED) is 0.912. The molecule has 7 nitrogen and oxygen atoms in total. The van der Waals surface area contributed by atoms with Crippen LogP contribution in [0.15, 0.2) is 23.0 Å². The Labute approximate surface area is 108 Å². The molecule has 0 saturated heterocycles. The summed E-state index contributed by atoms with van der Waals surface area (Å²) in [5.41, 5.74) is 0.321. The normalized spacial score (nSPS) is 11.4. The lowest BCUT2D eigenvalue weighted by Crippen LogP contribution is -2.16. The number of hydrogen-bond donors (Lipinski definition) is 1. The molecule has 2 aromatic heterocycles. The van der Waals surface area contributed by atoms with Crippen LogP contribution in [0.25, 0.3) is 0 Å². The van der Waals surface area contributed by atoms with E-state index in [1.165, 1.54) is 12.4 Å². The summed E-state index contributed by atoms with van der Waals surface area (Å²) in [6.07, 6.45) is 2.48. The molecule has 2 heterocycles. The van der Waals surface area contributed by atoms with Gasteiger partial charge in [0.15, 0.2) is 5.82 Å². The highest BCUT2D eigenvalue weighted by Gasteiger charge is 2.15. The standard InChI is InChI=1S/C9H9ClN4O3S/c1-6-2-7(13-17-6)5-18(15,16)14-9-4-11-8(10)3-12-9/h2-4H,5H2,1H3,(H,12,14). The summed E-state index contributed by atoms with van der Waals surface area (Å²) < 4.78 is 30.6. The van der Waals surface area contributed by atoms with Gasteiger partial charge in [-0.2, -0.15) is 0 Å². The Kier molecular flexibility index (Phi) is 3.48. The molecule has 0 aromatic carbocycles. The van der Waals surface area contributed by atoms with E-state index in [9.17, 15) is 8.42 Å². The first kappa shape index (κ1) is 12.8. The van der Waals surface area contributed by atoms with Crippen molar-refractivity contribution in [3.05, 3.63) is 35.1 Å². The van der Waals surface area contributed by atoms with Crippen LogP contribution in [0.2, 0.25) is 5.15 Å². The van der Waals surface area contributed by atoms with Crippen molar-refractivity contribution in [2.75, 3.05) is 4.72 Å². The Bertz CT molecular complexity index is 638. The van der Waals surface area contributed by atoms with Crippen LogP contribution in [0, 0.1) is 6.92 Å². The smallest absolute Gasteiger partial charge is 0.239 e. The average Bonchev–Trinajstić information content (AvgIpc) is 2.66. The number of sulfonamides is 1. The van der Waals surface area contributed by atoms with E-state index in [0.29, 0.717) is 11.5 Å². The summed E-state index contributed by atoms with van der Waals surface area (Å²) in [5, 5.41) is 3.79. The first-order valence-electron chi connectivity index (χ1n) is 4.85. The number of rotatable bonds is 4. The van der Waals surface area contributed by atoms with Gasteiger partial charge in [-0.05, 0) is 6.92 Å². The van der Waals surface area contributed by atoms with E-state index in [-0.39, 0.29) is 16.7 Å². The summed E-state index contributed by atoms with van der Waals surface area (Å²) in [7, 11) is -3.61. The van der Waals surface area contributed by atoms with Gasteiger partial charge in [-0.15, -0.1) is 0 Å². The zero-order valence-corrected chi connectivity index (χ0v) is 10.9. The van der Waals surface area contributed by atoms with Crippen LogP contribution < -0.4 is 4.72 Å². The summed E-state index contributed by atoms with van der Waals surface area (Å²) in [6, 6.07) is 1.55. The second kappa shape index (κ2) is 4.91. The molecular formula is C9H9ClN4O3S. The van der Waals surface area contributed by atoms with Crippen molar-refractivity contribution in [3.63, 3.8) is 0 Å². The Morgan fingerprint density at radius 1 is 1.39 bits per heavy atom. The van der Waals surface area contributed by atoms with E-state index in [1.807, 2.05) is 0 Å². The maximum absolute atomic E-state index is 11.8. The zero-order valence-electron chi connectivity index (χ0n) is 9.29. The van der Waals surface area contributed by atoms with Gasteiger partial charge in [0.2, 0.25) is 10.0 Å². The van der Waals surface area contributed by atoms with Crippen LogP contribution in [0.3, 0.4) is 0 Å². The van der Waals surface area contributed by atoms with Gasteiger partial charge in [0.05, 0.1) is 12.4 Å². The molecule has 0 amide bonds. The van der Waals surface area contributed by atoms with Crippen LogP contribution >= 0.6 is 11.6 Å². The number of aromatic nitrogens is 3. The molecule has 0 aliphatic rings. The van der Waals surface area contributed by atoms with E-state index in [1.54, 1.807) is 13.0 Å². The number of nitrogens with zero attached hydrogens (tertiary/aromatic N) is 3. The van der Waals surface area contributed by atoms with Crippen molar-refractivity contribution >= 4 is 27.4 Å². The van der Waals surface area contributed by atoms with Crippen LogP contribution in [0.4, 0.5) is 5.82 Å². The lowest BCUT2D eigenvalue weighted by Gasteiger charge is -2.04. The molecule has 0 fully saturated rings. The molecule has 0 bridgehead atoms. The van der Waals surface area contributed by atoms with Gasteiger partial charge in [-0.3, -0.25) is 4.72 Å². The molecule has 0 saturated carbocycles. The summed E-state index contributed by atoms with van der Waals surface area (Å²) in [6.45, 7) is 1.68. The minimum atomic E-state index is -3.61. The molecule has 0 atom stereocenters. The largest absolute Gasteiger partial charge is 0.361 e. The fourth-order valence-corrected chi connectivity index (χ4v) is 2.36. The molecule has 0 aliphatic heterocycles. The minimum absolute atomic E-state index is 0.0969. The molecule has 18 heavy (non-hydrogen) atoms. The van der Waals surface area contributed by atoms with Gasteiger partial charge >= 0.3 is 0 Å². The third kappa shape index (κ3) is 3.41. The number of aryl methyl sites for hydroxylation is 1. The molecule has 0 radical (unpaired) electrons. The van der Waals surface area contributed by atoms with Crippen LogP contribution in [-0.4, -0.2) is 23.5 Å². The fourth-order valence-electron chi connectivity index (χ4n) is 1.24. The van der Waals surface area contributed by atoms with Gasteiger partial charge in [0, 0.05) is 6.07 Å². The molecule has 0 unspecified atom stereocenters. The molecule has 9 heteroatoms. The topological polar surface area (TPSA) is 98.0 Å². The van der Waals surface area contributed by atoms with Gasteiger partial charge in [-0.1, -0.05) is 16.8 Å². The Balaban J connectivity index is 2.10. The van der Waals surface area contributed by atoms with Crippen molar-refractivity contribution in [3.8, 4) is 0 Å². The number of halogens is 1. The second-order valence-electron chi connectivity index (χ2n) is 3.51. The fraction of sp³-hybridized carbons (Fsp3) is 0.222. The highest BCUT2D eigenvalue weighted by molar-refractivity contribution is 7.91. The van der Waals surface area contributed by atoms with Crippen molar-refractivity contribution < 1.29 is 12.9 Å². The monoisotopic (exact) mass is 288 g/mol. The van der Waals surface area contributed by atoms with Gasteiger partial charge in [0.1, 0.15) is 22.4 Å². The Morgan fingerprint density at radius 2 is 2.17 bits per heavy atom. The van der Waals surface area contributed by atoms with Gasteiger partial charge in [-0.25, -0.2) is 18.4 Å². The van der Waals surface area contributed by atoms with Crippen molar-refractivity contribution in [1.82, 2.24) is 15.1 Å². The van der Waals surface area contributed by atoms with Gasteiger partial charge in [0.25, 0.3) is 0 Å². The predicted molar refractivity (Wildman–Crippen MR) is 64.5 cm³/mol. The first-order valence-corrected chi connectivity index (χ1v) is 6.88. The van der Waals surface area contributed by atoms with Crippen molar-refractivity contribution in [2.45, 2.75) is 12.7 Å². The maximum Gasteiger partial charge on any atom is 0.239 e.